The first kappa shape index (κ1) is 17.2. The summed E-state index contributed by atoms with van der Waals surface area (Å²) in [7, 11) is 0. The predicted octanol–water partition coefficient (Wildman–Crippen LogP) is 2.92. The lowest BCUT2D eigenvalue weighted by atomic mass is 10.1. The molecule has 134 valence electrons. The van der Waals surface area contributed by atoms with Gasteiger partial charge in [0.2, 0.25) is 0 Å². The van der Waals surface area contributed by atoms with Crippen LogP contribution in [0.25, 0.3) is 0 Å². The fraction of sp³-hybridized carbons (Fsp3) is 0.211. The Balaban J connectivity index is 1.68. The number of nitriles is 1. The maximum Gasteiger partial charge on any atom is 0.365 e. The number of hydrogen-bond donors (Lipinski definition) is 0. The molecule has 0 bridgehead atoms. The number of fused-ring (bicyclic) bond motifs is 1. The van der Waals surface area contributed by atoms with E-state index < -0.39 is 17.8 Å². The van der Waals surface area contributed by atoms with Crippen molar-refractivity contribution in [2.45, 2.75) is 23.8 Å². The number of pyridine rings is 1. The summed E-state index contributed by atoms with van der Waals surface area (Å²) in [5.74, 6) is -2.08. The van der Waals surface area contributed by atoms with Crippen LogP contribution in [-0.2, 0) is 4.84 Å². The molecule has 2 amide bonds. The number of thioether (sulfide) groups is 1. The normalized spacial score (nSPS) is 15.5. The highest BCUT2D eigenvalue weighted by molar-refractivity contribution is 7.98. The molecule has 2 aromatic rings. The predicted molar refractivity (Wildman–Crippen MR) is 95.1 cm³/mol. The van der Waals surface area contributed by atoms with Gasteiger partial charge in [-0.1, -0.05) is 17.2 Å². The zero-order valence-corrected chi connectivity index (χ0v) is 15.1. The summed E-state index contributed by atoms with van der Waals surface area (Å²) in [6.07, 6.45) is 3.71. The van der Waals surface area contributed by atoms with Crippen molar-refractivity contribution in [3.63, 3.8) is 0 Å². The van der Waals surface area contributed by atoms with Crippen molar-refractivity contribution in [3.05, 3.63) is 58.3 Å². The Morgan fingerprint density at radius 2 is 1.89 bits per heavy atom. The van der Waals surface area contributed by atoms with Crippen LogP contribution in [0.2, 0.25) is 0 Å². The summed E-state index contributed by atoms with van der Waals surface area (Å²) in [5.41, 5.74) is 1.15. The molecule has 1 aliphatic heterocycles. The van der Waals surface area contributed by atoms with Crippen molar-refractivity contribution in [1.82, 2.24) is 10.0 Å². The van der Waals surface area contributed by atoms with E-state index in [-0.39, 0.29) is 28.2 Å². The van der Waals surface area contributed by atoms with Gasteiger partial charge in [0, 0.05) is 11.6 Å². The number of imide groups is 1. The number of amides is 2. The molecule has 1 fully saturated rings. The van der Waals surface area contributed by atoms with Crippen molar-refractivity contribution in [1.29, 1.82) is 5.26 Å². The third-order valence-corrected chi connectivity index (χ3v) is 5.14. The zero-order valence-electron chi connectivity index (χ0n) is 14.3. The number of hydrogen-bond acceptors (Lipinski definition) is 7. The van der Waals surface area contributed by atoms with Crippen LogP contribution in [0.1, 0.15) is 61.1 Å². The third-order valence-electron chi connectivity index (χ3n) is 4.46. The average Bonchev–Trinajstić information content (AvgIpc) is 3.51. The average molecular weight is 379 g/mol. The molecule has 2 aliphatic rings. The summed E-state index contributed by atoms with van der Waals surface area (Å²) in [6.45, 7) is 0. The smallest absolute Gasteiger partial charge is 0.324 e. The molecular weight excluding hydrogens is 366 g/mol. The summed E-state index contributed by atoms with van der Waals surface area (Å²) in [6, 6.07) is 9.73. The molecule has 1 aromatic heterocycles. The van der Waals surface area contributed by atoms with Gasteiger partial charge in [0.15, 0.2) is 0 Å². The lowest BCUT2D eigenvalue weighted by molar-refractivity contribution is -0.0585. The van der Waals surface area contributed by atoms with Crippen molar-refractivity contribution >= 4 is 29.5 Å². The minimum atomic E-state index is -0.930. The van der Waals surface area contributed by atoms with E-state index in [9.17, 15) is 19.6 Å². The van der Waals surface area contributed by atoms with Crippen LogP contribution in [-0.4, -0.2) is 34.1 Å². The molecule has 1 aliphatic carbocycles. The van der Waals surface area contributed by atoms with Gasteiger partial charge in [0.25, 0.3) is 11.8 Å². The van der Waals surface area contributed by atoms with Gasteiger partial charge in [0.1, 0.15) is 11.1 Å². The topological polar surface area (TPSA) is 100 Å². The first-order valence-corrected chi connectivity index (χ1v) is 9.46. The first-order chi connectivity index (χ1) is 13.0. The Labute approximate surface area is 158 Å². The molecule has 0 saturated heterocycles. The number of benzene rings is 1. The van der Waals surface area contributed by atoms with Crippen molar-refractivity contribution in [3.8, 4) is 6.07 Å². The Morgan fingerprint density at radius 1 is 1.26 bits per heavy atom. The summed E-state index contributed by atoms with van der Waals surface area (Å²) in [5, 5.41) is 10.3. The van der Waals surface area contributed by atoms with Crippen LogP contribution >= 0.6 is 11.8 Å². The van der Waals surface area contributed by atoms with E-state index in [4.69, 9.17) is 4.84 Å². The highest BCUT2D eigenvalue weighted by Gasteiger charge is 2.39. The Bertz CT molecular complexity index is 1000. The van der Waals surface area contributed by atoms with Gasteiger partial charge in [-0.3, -0.25) is 9.59 Å². The highest BCUT2D eigenvalue weighted by atomic mass is 32.2. The van der Waals surface area contributed by atoms with E-state index >= 15 is 0 Å². The second kappa shape index (κ2) is 6.52. The second-order valence-electron chi connectivity index (χ2n) is 6.19. The number of rotatable bonds is 4. The van der Waals surface area contributed by atoms with Gasteiger partial charge in [-0.05, 0) is 37.3 Å². The molecule has 1 saturated carbocycles. The van der Waals surface area contributed by atoms with Gasteiger partial charge in [-0.15, -0.1) is 11.8 Å². The van der Waals surface area contributed by atoms with Gasteiger partial charge < -0.3 is 4.84 Å². The summed E-state index contributed by atoms with van der Waals surface area (Å²) in [4.78, 5) is 47.1. The van der Waals surface area contributed by atoms with E-state index in [0.29, 0.717) is 15.8 Å². The quantitative estimate of drug-likeness (QED) is 0.595. The molecule has 0 spiro atoms. The van der Waals surface area contributed by atoms with E-state index in [0.717, 1.165) is 12.8 Å². The van der Waals surface area contributed by atoms with Crippen LogP contribution in [0.4, 0.5) is 0 Å². The maximum absolute atomic E-state index is 12.7. The highest BCUT2D eigenvalue weighted by Crippen LogP contribution is 2.40. The minimum Gasteiger partial charge on any atom is -0.324 e. The molecule has 27 heavy (non-hydrogen) atoms. The standard InChI is InChI=1S/C19H13N3O4S/c1-27-16-14(9-20)13(8-15(21-16)10-6-7-10)19(25)26-22-17(23)11-4-2-3-5-12(11)18(22)24/h2-5,8,10H,6-7H2,1H3. The molecule has 8 heteroatoms. The molecule has 0 atom stereocenters. The van der Waals surface area contributed by atoms with Crippen LogP contribution < -0.4 is 0 Å². The Kier molecular flexibility index (Phi) is 4.16. The largest absolute Gasteiger partial charge is 0.365 e. The summed E-state index contributed by atoms with van der Waals surface area (Å²) < 4.78 is 0. The van der Waals surface area contributed by atoms with E-state index in [2.05, 4.69) is 4.98 Å². The fourth-order valence-electron chi connectivity index (χ4n) is 2.93. The molecule has 4 rings (SSSR count). The Morgan fingerprint density at radius 3 is 2.41 bits per heavy atom. The fourth-order valence-corrected chi connectivity index (χ4v) is 3.48. The number of carbonyl (C=O) groups is 3. The zero-order chi connectivity index (χ0) is 19.1. The first-order valence-electron chi connectivity index (χ1n) is 8.24. The molecule has 2 heterocycles. The number of hydroxylamine groups is 2. The maximum atomic E-state index is 12.7. The molecule has 0 unspecified atom stereocenters. The molecule has 0 N–H and O–H groups in total. The van der Waals surface area contributed by atoms with Gasteiger partial charge in [0.05, 0.1) is 22.3 Å². The summed E-state index contributed by atoms with van der Waals surface area (Å²) >= 11 is 1.26. The lowest BCUT2D eigenvalue weighted by Gasteiger charge is -2.14. The van der Waals surface area contributed by atoms with E-state index in [1.807, 2.05) is 6.07 Å². The Hall–Kier alpha value is -3.18. The van der Waals surface area contributed by atoms with Crippen LogP contribution in [0.15, 0.2) is 35.4 Å². The lowest BCUT2D eigenvalue weighted by Crippen LogP contribution is -2.33. The van der Waals surface area contributed by atoms with Gasteiger partial charge in [-0.25, -0.2) is 9.78 Å². The van der Waals surface area contributed by atoms with E-state index in [1.54, 1.807) is 18.4 Å². The molecule has 1 aromatic carbocycles. The number of carbonyl (C=O) groups excluding carboxylic acids is 3. The monoisotopic (exact) mass is 379 g/mol. The minimum absolute atomic E-state index is 0.00954. The third kappa shape index (κ3) is 2.86. The van der Waals surface area contributed by atoms with Crippen LogP contribution in [0.3, 0.4) is 0 Å². The van der Waals surface area contributed by atoms with Crippen molar-refractivity contribution in [2.24, 2.45) is 0 Å². The molecular formula is C19H13N3O4S. The van der Waals surface area contributed by atoms with Crippen molar-refractivity contribution in [2.75, 3.05) is 6.26 Å². The second-order valence-corrected chi connectivity index (χ2v) is 6.99. The van der Waals surface area contributed by atoms with E-state index in [1.165, 1.54) is 30.0 Å². The van der Waals surface area contributed by atoms with Crippen LogP contribution in [0, 0.1) is 11.3 Å². The van der Waals surface area contributed by atoms with Crippen LogP contribution in [0.5, 0.6) is 0 Å². The number of nitrogens with zero attached hydrogens (tertiary/aromatic N) is 3. The molecule has 0 radical (unpaired) electrons. The molecule has 7 nitrogen and oxygen atoms in total. The SMILES string of the molecule is CSc1nc(C2CC2)cc(C(=O)ON2C(=O)c3ccccc3C2=O)c1C#N. The van der Waals surface area contributed by atoms with Gasteiger partial charge >= 0.3 is 5.97 Å². The van der Waals surface area contributed by atoms with Gasteiger partial charge in [-0.2, -0.15) is 5.26 Å². The van der Waals surface area contributed by atoms with Crippen molar-refractivity contribution < 1.29 is 19.2 Å². The number of aromatic nitrogens is 1.